The number of para-hydroxylation sites is 1. The summed E-state index contributed by atoms with van der Waals surface area (Å²) in [6, 6.07) is 22.9. The lowest BCUT2D eigenvalue weighted by atomic mass is 10.1. The Balaban J connectivity index is 0.00000133. The van der Waals surface area contributed by atoms with Gasteiger partial charge in [0.2, 0.25) is 6.41 Å². The van der Waals surface area contributed by atoms with Crippen molar-refractivity contribution in [2.24, 2.45) is 10.7 Å². The Morgan fingerprint density at radius 3 is 2.28 bits per heavy atom. The molecular formula is C40H50N6O4. The fourth-order valence-electron chi connectivity index (χ4n) is 5.30. The van der Waals surface area contributed by atoms with Crippen molar-refractivity contribution >= 4 is 35.2 Å². The molecule has 10 heteroatoms. The van der Waals surface area contributed by atoms with Crippen molar-refractivity contribution in [3.05, 3.63) is 109 Å². The molecule has 2 N–H and O–H groups in total. The number of ether oxygens (including phenoxy) is 2. The number of rotatable bonds is 13. The summed E-state index contributed by atoms with van der Waals surface area (Å²) in [6.07, 6.45) is 10.6. The number of hydrogen-bond donors (Lipinski definition) is 1. The zero-order valence-corrected chi connectivity index (χ0v) is 29.9. The largest absolute Gasteiger partial charge is 0.490 e. The van der Waals surface area contributed by atoms with E-state index in [1.54, 1.807) is 36.1 Å². The number of nitrogens with two attached hydrogens (primary N) is 1. The van der Waals surface area contributed by atoms with Gasteiger partial charge in [-0.15, -0.1) is 0 Å². The number of nitrogens with zero attached hydrogens (tertiary/aromatic N) is 5. The molecule has 0 saturated heterocycles. The molecule has 0 aromatic heterocycles. The molecule has 0 radical (unpaired) electrons. The number of carbonyl (C=O) groups is 2. The predicted octanol–water partition coefficient (Wildman–Crippen LogP) is 7.49. The molecule has 0 unspecified atom stereocenters. The van der Waals surface area contributed by atoms with Crippen LogP contribution in [-0.4, -0.2) is 62.9 Å². The van der Waals surface area contributed by atoms with E-state index in [0.717, 1.165) is 11.4 Å². The maximum atomic E-state index is 13.3. The summed E-state index contributed by atoms with van der Waals surface area (Å²) >= 11 is 0. The van der Waals surface area contributed by atoms with Crippen LogP contribution < -0.4 is 29.9 Å². The molecule has 50 heavy (non-hydrogen) atoms. The summed E-state index contributed by atoms with van der Waals surface area (Å²) in [6.45, 7) is 11.3. The molecule has 3 aromatic carbocycles. The van der Waals surface area contributed by atoms with Crippen LogP contribution in [0.3, 0.4) is 0 Å². The highest BCUT2D eigenvalue weighted by molar-refractivity contribution is 6.20. The van der Waals surface area contributed by atoms with Crippen LogP contribution in [0.1, 0.15) is 46.5 Å². The van der Waals surface area contributed by atoms with Crippen LogP contribution in [0.5, 0.6) is 17.2 Å². The molecule has 10 nitrogen and oxygen atoms in total. The quantitative estimate of drug-likeness (QED) is 0.0865. The number of hydrogen-bond acceptors (Lipinski definition) is 8. The van der Waals surface area contributed by atoms with Crippen LogP contribution >= 0.6 is 0 Å². The standard InChI is InChI=1S/C36H40N6O4.C4H10/c1-5-38-36(35(26(2)37)40(4)28-15-18-31(19-16-28)46-30-10-7-6-8-11-30)42(25-43)29-17-20-33-32(24-29)41(22-23-45-33)34(44)12-9-21-39(3)27-13-14-27;1-3-4-2/h5-12,15-20,24-25,27H,1,13-14,21-23,37H2,2-4H3;3-4H2,1-2H3/b12-9+,35-26-,38-36?;. The number of fused-ring (bicyclic) bond motifs is 1. The number of amidine groups is 1. The van der Waals surface area contributed by atoms with E-state index in [-0.39, 0.29) is 11.7 Å². The number of aliphatic imine (C=N–C) groups is 1. The van der Waals surface area contributed by atoms with Gasteiger partial charge < -0.3 is 25.0 Å². The van der Waals surface area contributed by atoms with Crippen LogP contribution in [0, 0.1) is 0 Å². The molecule has 1 heterocycles. The van der Waals surface area contributed by atoms with Gasteiger partial charge in [0.15, 0.2) is 5.84 Å². The van der Waals surface area contributed by atoms with Gasteiger partial charge in [-0.2, -0.15) is 0 Å². The van der Waals surface area contributed by atoms with Crippen molar-refractivity contribution in [1.82, 2.24) is 4.90 Å². The lowest BCUT2D eigenvalue weighted by Gasteiger charge is -2.32. The molecule has 1 saturated carbocycles. The Kier molecular flexibility index (Phi) is 13.8. The van der Waals surface area contributed by atoms with E-state index in [2.05, 4.69) is 37.4 Å². The first-order valence-electron chi connectivity index (χ1n) is 17.1. The topological polar surface area (TPSA) is 104 Å². The Bertz CT molecular complexity index is 1680. The number of unbranched alkanes of at least 4 members (excludes halogenated alkanes) is 1. The van der Waals surface area contributed by atoms with E-state index in [9.17, 15) is 9.59 Å². The summed E-state index contributed by atoms with van der Waals surface area (Å²) in [4.78, 5) is 37.7. The number of likely N-dealkylation sites (N-methyl/N-ethyl adjacent to an activating group) is 2. The van der Waals surface area contributed by atoms with Gasteiger partial charge in [-0.1, -0.05) is 57.5 Å². The normalized spacial score (nSPS) is 14.5. The van der Waals surface area contributed by atoms with Gasteiger partial charge in [-0.3, -0.25) is 19.4 Å². The van der Waals surface area contributed by atoms with Gasteiger partial charge in [0, 0.05) is 43.3 Å². The Labute approximate surface area is 296 Å². The zero-order chi connectivity index (χ0) is 36.0. The maximum Gasteiger partial charge on any atom is 0.250 e. The summed E-state index contributed by atoms with van der Waals surface area (Å²) in [5, 5.41) is 0. The van der Waals surface area contributed by atoms with Crippen molar-refractivity contribution in [3.63, 3.8) is 0 Å². The second-order valence-corrected chi connectivity index (χ2v) is 12.2. The Morgan fingerprint density at radius 1 is 1.02 bits per heavy atom. The van der Waals surface area contributed by atoms with Gasteiger partial charge in [0.25, 0.3) is 5.91 Å². The summed E-state index contributed by atoms with van der Waals surface area (Å²) < 4.78 is 11.8. The van der Waals surface area contributed by atoms with Crippen molar-refractivity contribution < 1.29 is 19.1 Å². The molecule has 0 bridgehead atoms. The molecule has 1 aliphatic carbocycles. The molecule has 3 aromatic rings. The molecular weight excluding hydrogens is 628 g/mol. The van der Waals surface area contributed by atoms with Gasteiger partial charge in [0.1, 0.15) is 29.6 Å². The van der Waals surface area contributed by atoms with Crippen molar-refractivity contribution in [1.29, 1.82) is 0 Å². The predicted molar refractivity (Wildman–Crippen MR) is 204 cm³/mol. The lowest BCUT2D eigenvalue weighted by molar-refractivity contribution is -0.114. The fraction of sp³-hybridized carbons (Fsp3) is 0.325. The van der Waals surface area contributed by atoms with Gasteiger partial charge in [-0.05, 0) is 81.4 Å². The fourth-order valence-corrected chi connectivity index (χ4v) is 5.30. The SMILES string of the molecule is C=CN=C(/C(=C(\C)N)N(C)c1ccc(Oc2ccccc2)cc1)N(C=O)c1ccc2c(c1)N(C(=O)/C=C/CN(C)C1CC1)CCO2.CCCC. The Hall–Kier alpha value is -5.35. The average Bonchev–Trinajstić information content (AvgIpc) is 3.98. The molecule has 1 aliphatic heterocycles. The minimum absolute atomic E-state index is 0.152. The lowest BCUT2D eigenvalue weighted by Crippen LogP contribution is -2.39. The first-order chi connectivity index (χ1) is 24.2. The van der Waals surface area contributed by atoms with Gasteiger partial charge in [-0.25, -0.2) is 4.99 Å². The smallest absolute Gasteiger partial charge is 0.250 e. The second-order valence-electron chi connectivity index (χ2n) is 12.2. The molecule has 1 fully saturated rings. The van der Waals surface area contributed by atoms with Crippen molar-refractivity contribution in [3.8, 4) is 17.2 Å². The summed E-state index contributed by atoms with van der Waals surface area (Å²) in [7, 11) is 3.91. The van der Waals surface area contributed by atoms with Gasteiger partial charge >= 0.3 is 0 Å². The average molecular weight is 679 g/mol. The third-order valence-corrected chi connectivity index (χ3v) is 8.34. The first-order valence-corrected chi connectivity index (χ1v) is 17.1. The molecule has 0 spiro atoms. The van der Waals surface area contributed by atoms with Crippen LogP contribution in [0.25, 0.3) is 0 Å². The number of carbonyl (C=O) groups excluding carboxylic acids is 2. The van der Waals surface area contributed by atoms with E-state index in [1.165, 1.54) is 36.8 Å². The minimum Gasteiger partial charge on any atom is -0.490 e. The number of amides is 2. The number of anilines is 3. The molecule has 2 aliphatic rings. The number of benzene rings is 3. The molecule has 0 atom stereocenters. The maximum absolute atomic E-state index is 13.3. The molecule has 264 valence electrons. The highest BCUT2D eigenvalue weighted by Crippen LogP contribution is 2.36. The molecule has 5 rings (SSSR count). The van der Waals surface area contributed by atoms with Gasteiger partial charge in [0.05, 0.1) is 17.9 Å². The van der Waals surface area contributed by atoms with Crippen molar-refractivity contribution in [2.75, 3.05) is 48.5 Å². The van der Waals surface area contributed by atoms with Crippen molar-refractivity contribution in [2.45, 2.75) is 52.5 Å². The summed E-state index contributed by atoms with van der Waals surface area (Å²) in [5.74, 6) is 2.07. The highest BCUT2D eigenvalue weighted by atomic mass is 16.5. The second kappa shape index (κ2) is 18.4. The van der Waals surface area contributed by atoms with Crippen LogP contribution in [0.15, 0.2) is 114 Å². The Morgan fingerprint density at radius 2 is 1.68 bits per heavy atom. The number of allylic oxidation sites excluding steroid dienone is 1. The zero-order valence-electron chi connectivity index (χ0n) is 29.9. The molecule has 2 amide bonds. The van der Waals surface area contributed by atoms with E-state index < -0.39 is 0 Å². The first kappa shape index (κ1) is 37.5. The third-order valence-electron chi connectivity index (χ3n) is 8.34. The highest BCUT2D eigenvalue weighted by Gasteiger charge is 2.28. The summed E-state index contributed by atoms with van der Waals surface area (Å²) in [5.41, 5.74) is 9.20. The monoisotopic (exact) mass is 678 g/mol. The van der Waals surface area contributed by atoms with E-state index >= 15 is 0 Å². The van der Waals surface area contributed by atoms with E-state index in [0.29, 0.717) is 66.4 Å². The third kappa shape index (κ3) is 9.85. The minimum atomic E-state index is -0.152. The van der Waals surface area contributed by atoms with E-state index in [4.69, 9.17) is 15.2 Å². The van der Waals surface area contributed by atoms with Crippen LogP contribution in [0.2, 0.25) is 0 Å². The van der Waals surface area contributed by atoms with Crippen LogP contribution in [0.4, 0.5) is 17.1 Å². The van der Waals surface area contributed by atoms with E-state index in [1.807, 2.05) is 72.6 Å². The van der Waals surface area contributed by atoms with Crippen LogP contribution in [-0.2, 0) is 9.59 Å².